The van der Waals surface area contributed by atoms with Crippen LogP contribution in [0.25, 0.3) is 4.85 Å². The average Bonchev–Trinajstić information content (AvgIpc) is 3.01. The molecule has 0 aromatic heterocycles. The highest BCUT2D eigenvalue weighted by atomic mass is 16.6. The molecular formula is C20H26N2O4. The largest absolute Gasteiger partial charge is 0.496 e. The number of nitrogens with zero attached hydrogens (tertiary/aromatic N) is 2. The molecule has 1 saturated heterocycles. The first kappa shape index (κ1) is 19.8. The molecule has 1 fully saturated rings. The lowest BCUT2D eigenvalue weighted by Crippen LogP contribution is -2.40. The van der Waals surface area contributed by atoms with Crippen LogP contribution in [0.1, 0.15) is 49.5 Å². The van der Waals surface area contributed by atoms with Crippen molar-refractivity contribution in [2.45, 2.75) is 51.7 Å². The minimum atomic E-state index is -0.516. The zero-order valence-corrected chi connectivity index (χ0v) is 15.9. The molecule has 0 aliphatic carbocycles. The van der Waals surface area contributed by atoms with Gasteiger partial charge in [-0.25, -0.2) is 11.4 Å². The standard InChI is InChI=1S/C20H26N2O4/c1-20(2,3)26-19(24)22-10-6-7-15(22)11-14-8-9-16(17(23)13-21-4)18(12-14)25-5/h8-9,12,15H,6-7,10-11,13H2,1-3,5H3/t15-/m1/s1. The summed E-state index contributed by atoms with van der Waals surface area (Å²) < 4.78 is 10.8. The van der Waals surface area contributed by atoms with E-state index in [4.69, 9.17) is 16.0 Å². The van der Waals surface area contributed by atoms with Crippen molar-refractivity contribution in [1.82, 2.24) is 4.90 Å². The number of methoxy groups -OCH3 is 1. The van der Waals surface area contributed by atoms with E-state index in [1.165, 1.54) is 7.11 Å². The summed E-state index contributed by atoms with van der Waals surface area (Å²) in [5, 5.41) is 0. The van der Waals surface area contributed by atoms with Gasteiger partial charge in [0.2, 0.25) is 5.78 Å². The summed E-state index contributed by atoms with van der Waals surface area (Å²) in [5.74, 6) is 0.220. The minimum Gasteiger partial charge on any atom is -0.496 e. The van der Waals surface area contributed by atoms with Gasteiger partial charge in [0, 0.05) is 12.6 Å². The fourth-order valence-electron chi connectivity index (χ4n) is 3.13. The van der Waals surface area contributed by atoms with Gasteiger partial charge in [-0.15, -0.1) is 0 Å². The van der Waals surface area contributed by atoms with E-state index >= 15 is 0 Å². The molecule has 140 valence electrons. The number of likely N-dealkylation sites (tertiary alicyclic amines) is 1. The van der Waals surface area contributed by atoms with Crippen LogP contribution in [0, 0.1) is 6.57 Å². The zero-order valence-electron chi connectivity index (χ0n) is 15.9. The second-order valence-electron chi connectivity index (χ2n) is 7.45. The quantitative estimate of drug-likeness (QED) is 0.594. The van der Waals surface area contributed by atoms with Crippen molar-refractivity contribution < 1.29 is 19.1 Å². The summed E-state index contributed by atoms with van der Waals surface area (Å²) in [6, 6.07) is 5.46. The van der Waals surface area contributed by atoms with E-state index in [-0.39, 0.29) is 24.5 Å². The summed E-state index contributed by atoms with van der Waals surface area (Å²) in [6.45, 7) is 12.9. The van der Waals surface area contributed by atoms with E-state index in [0.29, 0.717) is 24.3 Å². The Balaban J connectivity index is 2.13. The van der Waals surface area contributed by atoms with Crippen LogP contribution < -0.4 is 4.74 Å². The van der Waals surface area contributed by atoms with Gasteiger partial charge in [0.05, 0.1) is 12.7 Å². The summed E-state index contributed by atoms with van der Waals surface area (Å²) >= 11 is 0. The molecule has 6 nitrogen and oxygen atoms in total. The molecule has 1 aromatic rings. The minimum absolute atomic E-state index is 0.0688. The molecule has 1 aliphatic heterocycles. The zero-order chi connectivity index (χ0) is 19.3. The van der Waals surface area contributed by atoms with E-state index in [1.807, 2.05) is 32.9 Å². The molecule has 6 heteroatoms. The third-order valence-corrected chi connectivity index (χ3v) is 4.27. The van der Waals surface area contributed by atoms with Gasteiger partial charge in [0.25, 0.3) is 6.54 Å². The average molecular weight is 358 g/mol. The van der Waals surface area contributed by atoms with Crippen LogP contribution >= 0.6 is 0 Å². The molecule has 1 heterocycles. The smallest absolute Gasteiger partial charge is 0.410 e. The van der Waals surface area contributed by atoms with Gasteiger partial charge < -0.3 is 19.2 Å². The van der Waals surface area contributed by atoms with Crippen molar-refractivity contribution >= 4 is 11.9 Å². The lowest BCUT2D eigenvalue weighted by molar-refractivity contribution is 0.0226. The highest BCUT2D eigenvalue weighted by Gasteiger charge is 2.32. The van der Waals surface area contributed by atoms with Gasteiger partial charge in [-0.3, -0.25) is 4.79 Å². The third-order valence-electron chi connectivity index (χ3n) is 4.27. The molecule has 0 unspecified atom stereocenters. The molecule has 1 amide bonds. The summed E-state index contributed by atoms with van der Waals surface area (Å²) in [6.07, 6.45) is 2.26. The van der Waals surface area contributed by atoms with Gasteiger partial charge in [-0.05, 0) is 57.7 Å². The Hall–Kier alpha value is -2.55. The van der Waals surface area contributed by atoms with Gasteiger partial charge in [0.15, 0.2) is 0 Å². The predicted molar refractivity (Wildman–Crippen MR) is 98.5 cm³/mol. The van der Waals surface area contributed by atoms with E-state index in [9.17, 15) is 9.59 Å². The second-order valence-corrected chi connectivity index (χ2v) is 7.45. The van der Waals surface area contributed by atoms with Crippen LogP contribution in [0.15, 0.2) is 18.2 Å². The number of carbonyl (C=O) groups excluding carboxylic acids is 2. The van der Waals surface area contributed by atoms with Crippen LogP contribution in [-0.4, -0.2) is 48.6 Å². The Morgan fingerprint density at radius 1 is 1.35 bits per heavy atom. The third kappa shape index (κ3) is 4.98. The Morgan fingerprint density at radius 3 is 2.69 bits per heavy atom. The number of amides is 1. The topological polar surface area (TPSA) is 60.2 Å². The van der Waals surface area contributed by atoms with Crippen LogP contribution in [0.4, 0.5) is 4.79 Å². The van der Waals surface area contributed by atoms with E-state index in [2.05, 4.69) is 4.85 Å². The molecule has 1 atom stereocenters. The number of rotatable bonds is 5. The van der Waals surface area contributed by atoms with Gasteiger partial charge in [0.1, 0.15) is 11.4 Å². The first-order valence-electron chi connectivity index (χ1n) is 8.78. The highest BCUT2D eigenvalue weighted by molar-refractivity contribution is 6.01. The maximum atomic E-state index is 12.4. The Kier molecular flexibility index (Phi) is 6.25. The molecule has 26 heavy (non-hydrogen) atoms. The summed E-state index contributed by atoms with van der Waals surface area (Å²) in [7, 11) is 1.51. The Morgan fingerprint density at radius 2 is 2.08 bits per heavy atom. The van der Waals surface area contributed by atoms with Crippen LogP contribution in [0.5, 0.6) is 5.75 Å². The van der Waals surface area contributed by atoms with Crippen molar-refractivity contribution in [3.8, 4) is 5.75 Å². The van der Waals surface area contributed by atoms with E-state index < -0.39 is 5.60 Å². The second kappa shape index (κ2) is 8.22. The number of benzene rings is 1. The molecule has 0 radical (unpaired) electrons. The van der Waals surface area contributed by atoms with Crippen molar-refractivity contribution in [2.24, 2.45) is 0 Å². The lowest BCUT2D eigenvalue weighted by atomic mass is 10.0. The van der Waals surface area contributed by atoms with Gasteiger partial charge in [-0.2, -0.15) is 0 Å². The summed E-state index contributed by atoms with van der Waals surface area (Å²) in [5.41, 5.74) is 0.891. The number of ether oxygens (including phenoxy) is 2. The molecule has 0 bridgehead atoms. The Labute approximate surface area is 154 Å². The van der Waals surface area contributed by atoms with Crippen molar-refractivity contribution in [3.63, 3.8) is 0 Å². The monoisotopic (exact) mass is 358 g/mol. The molecule has 0 saturated carbocycles. The van der Waals surface area contributed by atoms with Crippen molar-refractivity contribution in [3.05, 3.63) is 40.7 Å². The highest BCUT2D eigenvalue weighted by Crippen LogP contribution is 2.27. The van der Waals surface area contributed by atoms with Crippen LogP contribution in [0.3, 0.4) is 0 Å². The van der Waals surface area contributed by atoms with Crippen molar-refractivity contribution in [1.29, 1.82) is 0 Å². The molecule has 2 rings (SSSR count). The number of ketones is 1. The first-order valence-corrected chi connectivity index (χ1v) is 8.78. The maximum Gasteiger partial charge on any atom is 0.410 e. The number of carbonyl (C=O) groups is 2. The molecular weight excluding hydrogens is 332 g/mol. The molecule has 1 aliphatic rings. The van der Waals surface area contributed by atoms with E-state index in [0.717, 1.165) is 18.4 Å². The predicted octanol–water partition coefficient (Wildman–Crippen LogP) is 3.74. The van der Waals surface area contributed by atoms with Crippen LogP contribution in [0.2, 0.25) is 0 Å². The fraction of sp³-hybridized carbons (Fsp3) is 0.550. The fourth-order valence-corrected chi connectivity index (χ4v) is 3.13. The molecule has 0 spiro atoms. The first-order chi connectivity index (χ1) is 12.2. The molecule has 0 N–H and O–H groups in total. The van der Waals surface area contributed by atoms with Crippen molar-refractivity contribution in [2.75, 3.05) is 20.2 Å². The van der Waals surface area contributed by atoms with Gasteiger partial charge >= 0.3 is 6.09 Å². The summed E-state index contributed by atoms with van der Waals surface area (Å²) in [4.78, 5) is 29.3. The Bertz CT molecular complexity index is 716. The lowest BCUT2D eigenvalue weighted by Gasteiger charge is -2.28. The normalized spacial score (nSPS) is 16.9. The maximum absolute atomic E-state index is 12.4. The van der Waals surface area contributed by atoms with E-state index in [1.54, 1.807) is 11.0 Å². The SMILES string of the molecule is [C-]#[N+]CC(=O)c1ccc(C[C@H]2CCCN2C(=O)OC(C)(C)C)cc1OC. The number of Topliss-reactive ketones (excluding diaryl/α,β-unsaturated/α-hetero) is 1. The molecule has 1 aromatic carbocycles. The van der Waals surface area contributed by atoms with Gasteiger partial charge in [-0.1, -0.05) is 6.07 Å². The number of hydrogen-bond donors (Lipinski definition) is 0. The number of hydrogen-bond acceptors (Lipinski definition) is 4. The van der Waals surface area contributed by atoms with Crippen LogP contribution in [-0.2, 0) is 11.2 Å².